The van der Waals surface area contributed by atoms with Gasteiger partial charge in [0.1, 0.15) is 5.82 Å². The number of nitrogens with zero attached hydrogens (tertiary/aromatic N) is 3. The third-order valence-electron chi connectivity index (χ3n) is 4.29. The summed E-state index contributed by atoms with van der Waals surface area (Å²) in [5.74, 6) is 1.91. The quantitative estimate of drug-likeness (QED) is 0.906. The van der Waals surface area contributed by atoms with Gasteiger partial charge in [0.2, 0.25) is 5.91 Å². The highest BCUT2D eigenvalue weighted by Gasteiger charge is 2.18. The molecule has 1 aliphatic rings. The van der Waals surface area contributed by atoms with Crippen molar-refractivity contribution in [3.8, 4) is 11.4 Å². The number of anilines is 1. The van der Waals surface area contributed by atoms with E-state index in [1.54, 1.807) is 0 Å². The first kappa shape index (κ1) is 15.7. The molecule has 1 aromatic carbocycles. The molecule has 2 aromatic rings. The maximum absolute atomic E-state index is 12.0. The lowest BCUT2D eigenvalue weighted by Gasteiger charge is -2.16. The van der Waals surface area contributed by atoms with Crippen LogP contribution in [0.25, 0.3) is 11.4 Å². The summed E-state index contributed by atoms with van der Waals surface area (Å²) in [6, 6.07) is 7.18. The summed E-state index contributed by atoms with van der Waals surface area (Å²) >= 11 is 0. The van der Waals surface area contributed by atoms with Crippen molar-refractivity contribution in [3.63, 3.8) is 0 Å². The van der Waals surface area contributed by atoms with Crippen molar-refractivity contribution in [2.24, 2.45) is 11.7 Å². The monoisotopic (exact) mass is 313 g/mol. The summed E-state index contributed by atoms with van der Waals surface area (Å²) in [4.78, 5) is 12.0. The summed E-state index contributed by atoms with van der Waals surface area (Å²) in [6.07, 6.45) is 3.34. The fourth-order valence-corrected chi connectivity index (χ4v) is 2.75. The Labute approximate surface area is 136 Å². The number of hydrogen-bond donors (Lipinski definition) is 2. The molecule has 3 N–H and O–H groups in total. The molecule has 3 rings (SSSR count). The highest BCUT2D eigenvalue weighted by atomic mass is 16.2. The van der Waals surface area contributed by atoms with Crippen molar-refractivity contribution in [1.29, 1.82) is 0 Å². The van der Waals surface area contributed by atoms with Crippen LogP contribution in [-0.4, -0.2) is 26.7 Å². The van der Waals surface area contributed by atoms with Gasteiger partial charge in [0.05, 0.1) is 6.04 Å². The molecule has 0 fully saturated rings. The van der Waals surface area contributed by atoms with E-state index in [9.17, 15) is 4.79 Å². The second kappa shape index (κ2) is 6.50. The summed E-state index contributed by atoms with van der Waals surface area (Å²) in [6.45, 7) is 4.84. The average Bonchev–Trinajstić information content (AvgIpc) is 2.98. The summed E-state index contributed by atoms with van der Waals surface area (Å²) in [5, 5.41) is 11.4. The van der Waals surface area contributed by atoms with E-state index in [4.69, 9.17) is 5.73 Å². The minimum absolute atomic E-state index is 0.108. The molecule has 2 heterocycles. The van der Waals surface area contributed by atoms with Gasteiger partial charge in [0.15, 0.2) is 5.82 Å². The molecule has 6 nitrogen and oxygen atoms in total. The Hall–Kier alpha value is -2.21. The van der Waals surface area contributed by atoms with Gasteiger partial charge in [0.25, 0.3) is 0 Å². The first-order valence-electron chi connectivity index (χ1n) is 8.15. The fourth-order valence-electron chi connectivity index (χ4n) is 2.75. The lowest BCUT2D eigenvalue weighted by atomic mass is 10.0. The van der Waals surface area contributed by atoms with E-state index in [2.05, 4.69) is 20.1 Å². The number of aromatic nitrogens is 3. The van der Waals surface area contributed by atoms with Crippen molar-refractivity contribution in [2.75, 3.05) is 5.32 Å². The minimum Gasteiger partial charge on any atom is -0.325 e. The molecular weight excluding hydrogens is 290 g/mol. The van der Waals surface area contributed by atoms with Crippen LogP contribution in [0.2, 0.25) is 0 Å². The fraction of sp³-hybridized carbons (Fsp3) is 0.471. The normalized spacial score (nSPS) is 15.3. The molecule has 122 valence electrons. The molecule has 0 unspecified atom stereocenters. The predicted molar refractivity (Wildman–Crippen MR) is 89.8 cm³/mol. The number of carbonyl (C=O) groups is 1. The molecule has 0 radical (unpaired) electrons. The number of nitrogens with two attached hydrogens (primary N) is 1. The molecule has 0 spiro atoms. The smallest absolute Gasteiger partial charge is 0.241 e. The lowest BCUT2D eigenvalue weighted by Crippen LogP contribution is -2.39. The lowest BCUT2D eigenvalue weighted by molar-refractivity contribution is -0.118. The van der Waals surface area contributed by atoms with Gasteiger partial charge in [-0.15, -0.1) is 10.2 Å². The number of fused-ring (bicyclic) bond motifs is 1. The van der Waals surface area contributed by atoms with Crippen LogP contribution in [0, 0.1) is 5.92 Å². The number of benzene rings is 1. The zero-order valence-corrected chi connectivity index (χ0v) is 13.6. The summed E-state index contributed by atoms with van der Waals surface area (Å²) in [5.41, 5.74) is 7.61. The number of rotatable bonds is 4. The molecule has 1 aromatic heterocycles. The van der Waals surface area contributed by atoms with E-state index in [1.165, 1.54) is 12.8 Å². The Balaban J connectivity index is 1.75. The molecule has 0 aliphatic carbocycles. The Morgan fingerprint density at radius 1 is 1.22 bits per heavy atom. The molecule has 1 atom stereocenters. The Morgan fingerprint density at radius 2 is 1.96 bits per heavy atom. The Morgan fingerprint density at radius 3 is 2.65 bits per heavy atom. The van der Waals surface area contributed by atoms with Gasteiger partial charge in [-0.2, -0.15) is 0 Å². The second-order valence-corrected chi connectivity index (χ2v) is 6.38. The molecule has 1 aliphatic heterocycles. The van der Waals surface area contributed by atoms with E-state index in [-0.39, 0.29) is 11.8 Å². The van der Waals surface area contributed by atoms with E-state index >= 15 is 0 Å². The first-order chi connectivity index (χ1) is 11.1. The van der Waals surface area contributed by atoms with E-state index in [1.807, 2.05) is 38.1 Å². The van der Waals surface area contributed by atoms with Crippen LogP contribution in [0.4, 0.5) is 5.69 Å². The van der Waals surface area contributed by atoms with Crippen LogP contribution in [0.5, 0.6) is 0 Å². The predicted octanol–water partition coefficient (Wildman–Crippen LogP) is 2.20. The largest absolute Gasteiger partial charge is 0.325 e. The van der Waals surface area contributed by atoms with Crippen molar-refractivity contribution >= 4 is 11.6 Å². The van der Waals surface area contributed by atoms with Gasteiger partial charge in [-0.05, 0) is 43.0 Å². The van der Waals surface area contributed by atoms with E-state index in [0.29, 0.717) is 0 Å². The van der Waals surface area contributed by atoms with Gasteiger partial charge in [-0.1, -0.05) is 13.8 Å². The van der Waals surface area contributed by atoms with Crippen LogP contribution in [0.15, 0.2) is 24.3 Å². The SMILES string of the molecule is CC(C)[C@H](N)C(=O)Nc1ccc(-c2nnc3n2CCCC3)cc1. The Bertz CT molecular complexity index is 690. The third kappa shape index (κ3) is 3.27. The average molecular weight is 313 g/mol. The molecule has 1 amide bonds. The molecule has 0 saturated heterocycles. The zero-order chi connectivity index (χ0) is 16.4. The number of carbonyl (C=O) groups excluding carboxylic acids is 1. The van der Waals surface area contributed by atoms with E-state index < -0.39 is 6.04 Å². The van der Waals surface area contributed by atoms with Crippen LogP contribution in [0.3, 0.4) is 0 Å². The molecule has 23 heavy (non-hydrogen) atoms. The molecule has 0 bridgehead atoms. The highest BCUT2D eigenvalue weighted by Crippen LogP contribution is 2.24. The summed E-state index contributed by atoms with van der Waals surface area (Å²) in [7, 11) is 0. The number of hydrogen-bond acceptors (Lipinski definition) is 4. The van der Waals surface area contributed by atoms with Gasteiger partial charge in [0, 0.05) is 24.2 Å². The van der Waals surface area contributed by atoms with Crippen LogP contribution in [-0.2, 0) is 17.8 Å². The maximum Gasteiger partial charge on any atom is 0.241 e. The zero-order valence-electron chi connectivity index (χ0n) is 13.6. The second-order valence-electron chi connectivity index (χ2n) is 6.38. The van der Waals surface area contributed by atoms with Crippen LogP contribution >= 0.6 is 0 Å². The van der Waals surface area contributed by atoms with Gasteiger partial charge >= 0.3 is 0 Å². The van der Waals surface area contributed by atoms with Crippen molar-refractivity contribution in [1.82, 2.24) is 14.8 Å². The minimum atomic E-state index is -0.502. The molecule has 0 saturated carbocycles. The number of nitrogens with one attached hydrogen (secondary N) is 1. The summed E-state index contributed by atoms with van der Waals surface area (Å²) < 4.78 is 2.19. The topological polar surface area (TPSA) is 85.8 Å². The standard InChI is InChI=1S/C17H23N5O/c1-11(2)15(18)17(23)19-13-8-6-12(7-9-13)16-21-20-14-5-3-4-10-22(14)16/h6-9,11,15H,3-5,10,18H2,1-2H3,(H,19,23)/t15-/m0/s1. The molecule has 6 heteroatoms. The van der Waals surface area contributed by atoms with Crippen molar-refractivity contribution in [2.45, 2.75) is 45.7 Å². The van der Waals surface area contributed by atoms with E-state index in [0.717, 1.165) is 35.9 Å². The highest BCUT2D eigenvalue weighted by molar-refractivity contribution is 5.95. The maximum atomic E-state index is 12.0. The molecular formula is C17H23N5O. The third-order valence-corrected chi connectivity index (χ3v) is 4.29. The number of amides is 1. The van der Waals surface area contributed by atoms with Crippen molar-refractivity contribution in [3.05, 3.63) is 30.1 Å². The van der Waals surface area contributed by atoms with Gasteiger partial charge in [-0.25, -0.2) is 0 Å². The van der Waals surface area contributed by atoms with Crippen molar-refractivity contribution < 1.29 is 4.79 Å². The Kier molecular flexibility index (Phi) is 4.43. The van der Waals surface area contributed by atoms with Crippen LogP contribution < -0.4 is 11.1 Å². The van der Waals surface area contributed by atoms with Gasteiger partial charge in [-0.3, -0.25) is 4.79 Å². The van der Waals surface area contributed by atoms with Crippen LogP contribution in [0.1, 0.15) is 32.5 Å². The first-order valence-corrected chi connectivity index (χ1v) is 8.15. The van der Waals surface area contributed by atoms with Gasteiger partial charge < -0.3 is 15.6 Å². The number of aryl methyl sites for hydroxylation is 1.